The summed E-state index contributed by atoms with van der Waals surface area (Å²) in [7, 11) is 0. The van der Waals surface area contributed by atoms with E-state index in [0.29, 0.717) is 6.54 Å². The van der Waals surface area contributed by atoms with E-state index in [1.54, 1.807) is 0 Å². The van der Waals surface area contributed by atoms with E-state index in [-0.39, 0.29) is 11.5 Å². The summed E-state index contributed by atoms with van der Waals surface area (Å²) in [4.78, 5) is 10.5. The molecule has 0 fully saturated rings. The number of amides is 1. The zero-order chi connectivity index (χ0) is 13.3. The molecular weight excluding hydrogens is 230 g/mol. The predicted octanol–water partition coefficient (Wildman–Crippen LogP) is 2.56. The summed E-state index contributed by atoms with van der Waals surface area (Å²) in [5, 5.41) is 11.0. The summed E-state index contributed by atoms with van der Waals surface area (Å²) in [6.45, 7) is 6.77. The van der Waals surface area contributed by atoms with E-state index in [9.17, 15) is 4.79 Å². The van der Waals surface area contributed by atoms with Crippen molar-refractivity contribution in [1.29, 1.82) is 0 Å². The van der Waals surface area contributed by atoms with E-state index in [1.165, 1.54) is 11.1 Å². The highest BCUT2D eigenvalue weighted by Gasteiger charge is 2.29. The first-order chi connectivity index (χ1) is 8.38. The molecule has 18 heavy (non-hydrogen) atoms. The van der Waals surface area contributed by atoms with Gasteiger partial charge in [-0.05, 0) is 16.5 Å². The van der Waals surface area contributed by atoms with Crippen LogP contribution in [-0.4, -0.2) is 23.8 Å². The zero-order valence-electron chi connectivity index (χ0n) is 11.0. The third-order valence-corrected chi connectivity index (χ3v) is 3.12. The lowest BCUT2D eigenvalue weighted by atomic mass is 9.85. The molecule has 1 aromatic carbocycles. The zero-order valence-corrected chi connectivity index (χ0v) is 11.0. The Morgan fingerprint density at radius 2 is 2.22 bits per heavy atom. The number of fused-ring (bicyclic) bond motifs is 1. The average Bonchev–Trinajstić information content (AvgIpc) is 2.66. The van der Waals surface area contributed by atoms with Crippen LogP contribution in [0.4, 0.5) is 4.79 Å². The molecule has 2 rings (SSSR count). The largest absolute Gasteiger partial charge is 0.488 e. The van der Waals surface area contributed by atoms with Crippen molar-refractivity contribution in [3.8, 4) is 5.75 Å². The Morgan fingerprint density at radius 1 is 1.50 bits per heavy atom. The van der Waals surface area contributed by atoms with Gasteiger partial charge in [-0.25, -0.2) is 4.79 Å². The Kier molecular flexibility index (Phi) is 3.20. The van der Waals surface area contributed by atoms with Gasteiger partial charge in [0.05, 0.1) is 6.54 Å². The fraction of sp³-hybridized carbons (Fsp3) is 0.500. The lowest BCUT2D eigenvalue weighted by molar-refractivity contribution is 0.180. The van der Waals surface area contributed by atoms with Gasteiger partial charge in [0.25, 0.3) is 0 Å². The van der Waals surface area contributed by atoms with Gasteiger partial charge in [0.15, 0.2) is 0 Å². The quantitative estimate of drug-likeness (QED) is 0.846. The number of nitrogens with one attached hydrogen (secondary N) is 1. The topological polar surface area (TPSA) is 58.6 Å². The number of carbonyl (C=O) groups is 1. The van der Waals surface area contributed by atoms with Crippen LogP contribution in [0.2, 0.25) is 0 Å². The summed E-state index contributed by atoms with van der Waals surface area (Å²) in [6, 6.07) is 6.16. The van der Waals surface area contributed by atoms with Crippen LogP contribution < -0.4 is 10.1 Å². The lowest BCUT2D eigenvalue weighted by Gasteiger charge is -2.22. The first kappa shape index (κ1) is 12.7. The normalized spacial score (nSPS) is 18.1. The SMILES string of the molecule is CC(C)(C)c1cccc2c1OC(CNC(=O)O)C2. The summed E-state index contributed by atoms with van der Waals surface area (Å²) in [5.74, 6) is 0.933. The number of rotatable bonds is 2. The van der Waals surface area contributed by atoms with E-state index in [0.717, 1.165) is 12.2 Å². The Labute approximate surface area is 107 Å². The number of ether oxygens (including phenoxy) is 1. The first-order valence-electron chi connectivity index (χ1n) is 6.14. The van der Waals surface area contributed by atoms with Gasteiger partial charge in [0.1, 0.15) is 11.9 Å². The lowest BCUT2D eigenvalue weighted by Crippen LogP contribution is -2.33. The van der Waals surface area contributed by atoms with E-state index in [4.69, 9.17) is 9.84 Å². The maximum atomic E-state index is 10.5. The van der Waals surface area contributed by atoms with Crippen molar-refractivity contribution < 1.29 is 14.6 Å². The van der Waals surface area contributed by atoms with Crippen molar-refractivity contribution in [1.82, 2.24) is 5.32 Å². The van der Waals surface area contributed by atoms with Crippen LogP contribution >= 0.6 is 0 Å². The number of hydrogen-bond acceptors (Lipinski definition) is 2. The van der Waals surface area contributed by atoms with Gasteiger partial charge in [-0.15, -0.1) is 0 Å². The minimum absolute atomic E-state index is 0.0282. The van der Waals surface area contributed by atoms with Gasteiger partial charge < -0.3 is 15.2 Å². The van der Waals surface area contributed by atoms with Gasteiger partial charge >= 0.3 is 6.09 Å². The van der Waals surface area contributed by atoms with Gasteiger partial charge in [-0.2, -0.15) is 0 Å². The van der Waals surface area contributed by atoms with Crippen LogP contribution in [0.5, 0.6) is 5.75 Å². The number of carboxylic acid groups (broad SMARTS) is 1. The second-order valence-corrected chi connectivity index (χ2v) is 5.67. The molecule has 2 N–H and O–H groups in total. The molecule has 0 saturated carbocycles. The molecule has 1 aliphatic rings. The minimum atomic E-state index is -1.01. The maximum absolute atomic E-state index is 10.5. The molecule has 0 spiro atoms. The summed E-state index contributed by atoms with van der Waals surface area (Å²) in [5.41, 5.74) is 2.37. The molecule has 0 radical (unpaired) electrons. The number of hydrogen-bond donors (Lipinski definition) is 2. The van der Waals surface area contributed by atoms with Crippen LogP contribution in [0.15, 0.2) is 18.2 Å². The van der Waals surface area contributed by atoms with Crippen molar-refractivity contribution in [3.63, 3.8) is 0 Å². The van der Waals surface area contributed by atoms with Crippen LogP contribution in [-0.2, 0) is 11.8 Å². The number of para-hydroxylation sites is 1. The Balaban J connectivity index is 2.17. The summed E-state index contributed by atoms with van der Waals surface area (Å²) < 4.78 is 5.89. The van der Waals surface area contributed by atoms with E-state index < -0.39 is 6.09 Å². The van der Waals surface area contributed by atoms with E-state index in [1.807, 2.05) is 12.1 Å². The van der Waals surface area contributed by atoms with Gasteiger partial charge in [-0.3, -0.25) is 0 Å². The second-order valence-electron chi connectivity index (χ2n) is 5.67. The van der Waals surface area contributed by atoms with Crippen LogP contribution in [0.25, 0.3) is 0 Å². The maximum Gasteiger partial charge on any atom is 0.404 e. The molecule has 1 amide bonds. The molecule has 1 aliphatic heterocycles. The van der Waals surface area contributed by atoms with E-state index >= 15 is 0 Å². The third kappa shape index (κ3) is 2.58. The molecule has 0 saturated heterocycles. The summed E-state index contributed by atoms with van der Waals surface area (Å²) in [6.07, 6.45) is -0.343. The van der Waals surface area contributed by atoms with Gasteiger partial charge in [0.2, 0.25) is 0 Å². The highest BCUT2D eigenvalue weighted by atomic mass is 16.5. The van der Waals surface area contributed by atoms with Crippen LogP contribution in [0, 0.1) is 0 Å². The van der Waals surface area contributed by atoms with Crippen molar-refractivity contribution in [2.45, 2.75) is 38.7 Å². The highest BCUT2D eigenvalue weighted by molar-refractivity contribution is 5.64. The first-order valence-corrected chi connectivity index (χ1v) is 6.14. The standard InChI is InChI=1S/C14H19NO3/c1-14(2,3)11-6-4-5-9-7-10(18-12(9)11)8-15-13(16)17/h4-6,10,15H,7-8H2,1-3H3,(H,16,17). The highest BCUT2D eigenvalue weighted by Crippen LogP contribution is 2.38. The molecule has 4 nitrogen and oxygen atoms in total. The molecule has 0 aliphatic carbocycles. The van der Waals surface area contributed by atoms with E-state index in [2.05, 4.69) is 32.2 Å². The monoisotopic (exact) mass is 249 g/mol. The predicted molar refractivity (Wildman–Crippen MR) is 69.3 cm³/mol. The van der Waals surface area contributed by atoms with Crippen molar-refractivity contribution in [3.05, 3.63) is 29.3 Å². The third-order valence-electron chi connectivity index (χ3n) is 3.12. The van der Waals surface area contributed by atoms with Crippen molar-refractivity contribution in [2.75, 3.05) is 6.54 Å². The molecule has 1 unspecified atom stereocenters. The van der Waals surface area contributed by atoms with Gasteiger partial charge in [-0.1, -0.05) is 39.0 Å². The molecule has 4 heteroatoms. The Morgan fingerprint density at radius 3 is 2.83 bits per heavy atom. The molecular formula is C14H19NO3. The average molecular weight is 249 g/mol. The smallest absolute Gasteiger partial charge is 0.404 e. The van der Waals surface area contributed by atoms with Crippen LogP contribution in [0.1, 0.15) is 31.9 Å². The summed E-state index contributed by atoms with van der Waals surface area (Å²) >= 11 is 0. The fourth-order valence-corrected chi connectivity index (χ4v) is 2.24. The Hall–Kier alpha value is -1.71. The molecule has 0 bridgehead atoms. The molecule has 98 valence electrons. The number of benzene rings is 1. The molecule has 0 aromatic heterocycles. The minimum Gasteiger partial charge on any atom is -0.488 e. The Bertz CT molecular complexity index is 463. The second kappa shape index (κ2) is 4.52. The van der Waals surface area contributed by atoms with Crippen molar-refractivity contribution >= 4 is 6.09 Å². The fourth-order valence-electron chi connectivity index (χ4n) is 2.24. The molecule has 1 aromatic rings. The van der Waals surface area contributed by atoms with Gasteiger partial charge in [0, 0.05) is 6.42 Å². The van der Waals surface area contributed by atoms with Crippen LogP contribution in [0.3, 0.4) is 0 Å². The molecule has 1 heterocycles. The van der Waals surface area contributed by atoms with Crippen molar-refractivity contribution in [2.24, 2.45) is 0 Å². The molecule has 1 atom stereocenters.